The van der Waals surface area contributed by atoms with Crippen molar-refractivity contribution in [2.24, 2.45) is 4.99 Å². The average molecular weight is 554 g/mol. The minimum Gasteiger partial charge on any atom is -0.497 e. The maximum absolute atomic E-state index is 12.4. The van der Waals surface area contributed by atoms with Crippen molar-refractivity contribution >= 4 is 35.8 Å². The topological polar surface area (TPSA) is 75.2 Å². The molecule has 0 aliphatic heterocycles. The van der Waals surface area contributed by atoms with Crippen molar-refractivity contribution in [1.29, 1.82) is 0 Å². The zero-order valence-corrected chi connectivity index (χ0v) is 22.1. The van der Waals surface area contributed by atoms with E-state index in [-0.39, 0.29) is 35.9 Å². The van der Waals surface area contributed by atoms with Crippen LogP contribution in [0.25, 0.3) is 0 Å². The van der Waals surface area contributed by atoms with Gasteiger partial charge in [0.05, 0.1) is 14.2 Å². The fraction of sp³-hybridized carbons (Fsp3) is 0.417. The molecule has 2 N–H and O–H groups in total. The summed E-state index contributed by atoms with van der Waals surface area (Å²) in [5, 5.41) is 6.36. The molecule has 0 aliphatic rings. The molecule has 0 saturated heterocycles. The number of amides is 1. The van der Waals surface area contributed by atoms with Gasteiger partial charge in [-0.3, -0.25) is 9.79 Å². The van der Waals surface area contributed by atoms with Crippen LogP contribution in [0.5, 0.6) is 11.5 Å². The van der Waals surface area contributed by atoms with Crippen LogP contribution in [0.2, 0.25) is 0 Å². The van der Waals surface area contributed by atoms with Crippen LogP contribution in [0.15, 0.2) is 47.5 Å². The van der Waals surface area contributed by atoms with Crippen molar-refractivity contribution in [3.05, 3.63) is 59.2 Å². The van der Waals surface area contributed by atoms with Gasteiger partial charge in [-0.15, -0.1) is 24.0 Å². The molecule has 1 atom stereocenters. The van der Waals surface area contributed by atoms with Crippen LogP contribution >= 0.6 is 24.0 Å². The number of guanidine groups is 1. The molecule has 2 rings (SSSR count). The van der Waals surface area contributed by atoms with Crippen molar-refractivity contribution in [3.8, 4) is 11.5 Å². The molecule has 0 aromatic heterocycles. The lowest BCUT2D eigenvalue weighted by Gasteiger charge is -2.23. The first-order valence-electron chi connectivity index (χ1n) is 10.4. The van der Waals surface area contributed by atoms with E-state index in [9.17, 15) is 4.79 Å². The molecule has 1 unspecified atom stereocenters. The van der Waals surface area contributed by atoms with E-state index in [1.165, 1.54) is 0 Å². The Morgan fingerprint density at radius 1 is 1.16 bits per heavy atom. The van der Waals surface area contributed by atoms with E-state index < -0.39 is 0 Å². The molecule has 8 heteroatoms. The molecule has 0 spiro atoms. The molecule has 0 radical (unpaired) electrons. The number of benzene rings is 2. The first-order valence-corrected chi connectivity index (χ1v) is 10.4. The summed E-state index contributed by atoms with van der Waals surface area (Å²) >= 11 is 0. The number of halogens is 1. The Morgan fingerprint density at radius 3 is 2.53 bits per heavy atom. The summed E-state index contributed by atoms with van der Waals surface area (Å²) < 4.78 is 10.8. The Labute approximate surface area is 208 Å². The van der Waals surface area contributed by atoms with Gasteiger partial charge in [-0.05, 0) is 43.2 Å². The summed E-state index contributed by atoms with van der Waals surface area (Å²) in [7, 11) is 7.00. The first kappa shape index (κ1) is 27.5. The average Bonchev–Trinajstić information content (AvgIpc) is 2.79. The van der Waals surface area contributed by atoms with E-state index in [1.54, 1.807) is 21.3 Å². The molecule has 0 heterocycles. The van der Waals surface area contributed by atoms with E-state index in [1.807, 2.05) is 61.3 Å². The van der Waals surface area contributed by atoms with Crippen molar-refractivity contribution < 1.29 is 14.3 Å². The van der Waals surface area contributed by atoms with Gasteiger partial charge in [0.1, 0.15) is 11.5 Å². The number of hydrogen-bond donors (Lipinski definition) is 2. The number of methoxy groups -OCH3 is 2. The molecule has 2 aromatic rings. The standard InChI is InChI=1S/C24H34N4O3.HI/c1-7-17(2)27-23(29)19-10-8-9-18(13-19)15-26-24(25-3)28(4)16-20-11-12-21(30-5)14-22(20)31-6;/h8-14,17H,7,15-16H2,1-6H3,(H,25,26)(H,27,29);1H. The highest BCUT2D eigenvalue weighted by molar-refractivity contribution is 14.0. The van der Waals surface area contributed by atoms with Gasteiger partial charge in [0.15, 0.2) is 5.96 Å². The smallest absolute Gasteiger partial charge is 0.251 e. The summed E-state index contributed by atoms with van der Waals surface area (Å²) in [5.74, 6) is 2.21. The van der Waals surface area contributed by atoms with E-state index in [0.717, 1.165) is 35.0 Å². The fourth-order valence-electron chi connectivity index (χ4n) is 3.11. The molecule has 0 bridgehead atoms. The zero-order valence-electron chi connectivity index (χ0n) is 19.8. The lowest BCUT2D eigenvalue weighted by Crippen LogP contribution is -2.38. The predicted octanol–water partition coefficient (Wildman–Crippen LogP) is 4.06. The van der Waals surface area contributed by atoms with Crippen LogP contribution in [0.4, 0.5) is 0 Å². The third kappa shape index (κ3) is 7.89. The highest BCUT2D eigenvalue weighted by atomic mass is 127. The minimum atomic E-state index is -0.0516. The van der Waals surface area contributed by atoms with Crippen LogP contribution in [-0.4, -0.2) is 51.1 Å². The molecule has 7 nitrogen and oxygen atoms in total. The highest BCUT2D eigenvalue weighted by Gasteiger charge is 2.12. The molecule has 0 aliphatic carbocycles. The second kappa shape index (κ2) is 13.8. The highest BCUT2D eigenvalue weighted by Crippen LogP contribution is 2.25. The molecule has 176 valence electrons. The lowest BCUT2D eigenvalue weighted by molar-refractivity contribution is 0.0939. The minimum absolute atomic E-state index is 0. The summed E-state index contributed by atoms with van der Waals surface area (Å²) in [6.45, 7) is 5.22. The normalized spacial score (nSPS) is 11.8. The van der Waals surface area contributed by atoms with E-state index in [2.05, 4.69) is 22.5 Å². The van der Waals surface area contributed by atoms with Gasteiger partial charge in [-0.25, -0.2) is 0 Å². The Hall–Kier alpha value is -2.49. The predicted molar refractivity (Wildman–Crippen MR) is 140 cm³/mol. The molecule has 32 heavy (non-hydrogen) atoms. The Balaban J connectivity index is 0.00000512. The number of carbonyl (C=O) groups is 1. The van der Waals surface area contributed by atoms with Crippen LogP contribution < -0.4 is 20.1 Å². The van der Waals surface area contributed by atoms with Crippen LogP contribution in [-0.2, 0) is 13.1 Å². The number of aliphatic imine (C=N–C) groups is 1. The van der Waals surface area contributed by atoms with E-state index in [0.29, 0.717) is 18.7 Å². The Kier molecular flexibility index (Phi) is 11.9. The molecular formula is C24H35IN4O3. The maximum Gasteiger partial charge on any atom is 0.251 e. The molecule has 1 amide bonds. The van der Waals surface area contributed by atoms with Crippen molar-refractivity contribution in [2.45, 2.75) is 39.4 Å². The largest absolute Gasteiger partial charge is 0.497 e. The van der Waals surface area contributed by atoms with Gasteiger partial charge in [0, 0.05) is 50.4 Å². The maximum atomic E-state index is 12.4. The second-order valence-electron chi connectivity index (χ2n) is 7.42. The van der Waals surface area contributed by atoms with Crippen LogP contribution in [0.1, 0.15) is 41.8 Å². The van der Waals surface area contributed by atoms with Gasteiger partial charge in [0.25, 0.3) is 5.91 Å². The van der Waals surface area contributed by atoms with Gasteiger partial charge in [-0.1, -0.05) is 19.1 Å². The summed E-state index contributed by atoms with van der Waals surface area (Å²) in [6.07, 6.45) is 0.897. The summed E-state index contributed by atoms with van der Waals surface area (Å²) in [6, 6.07) is 13.6. The van der Waals surface area contributed by atoms with E-state index >= 15 is 0 Å². The van der Waals surface area contributed by atoms with Crippen LogP contribution in [0.3, 0.4) is 0 Å². The first-order chi connectivity index (χ1) is 14.9. The summed E-state index contributed by atoms with van der Waals surface area (Å²) in [5.41, 5.74) is 2.69. The van der Waals surface area contributed by atoms with Crippen molar-refractivity contribution in [1.82, 2.24) is 15.5 Å². The molecular weight excluding hydrogens is 519 g/mol. The summed E-state index contributed by atoms with van der Waals surface area (Å²) in [4.78, 5) is 18.8. The van der Waals surface area contributed by atoms with Gasteiger partial charge < -0.3 is 25.0 Å². The van der Waals surface area contributed by atoms with Gasteiger partial charge >= 0.3 is 0 Å². The number of rotatable bonds is 9. The lowest BCUT2D eigenvalue weighted by atomic mass is 10.1. The van der Waals surface area contributed by atoms with E-state index in [4.69, 9.17) is 9.47 Å². The molecule has 2 aromatic carbocycles. The number of carbonyl (C=O) groups excluding carboxylic acids is 1. The van der Waals surface area contributed by atoms with Gasteiger partial charge in [-0.2, -0.15) is 0 Å². The number of ether oxygens (including phenoxy) is 2. The van der Waals surface area contributed by atoms with Crippen LogP contribution in [0, 0.1) is 0 Å². The zero-order chi connectivity index (χ0) is 22.8. The molecule has 0 saturated carbocycles. The number of nitrogens with zero attached hydrogens (tertiary/aromatic N) is 2. The van der Waals surface area contributed by atoms with Gasteiger partial charge in [0.2, 0.25) is 0 Å². The fourth-order valence-corrected chi connectivity index (χ4v) is 3.11. The van der Waals surface area contributed by atoms with Crippen molar-refractivity contribution in [2.75, 3.05) is 28.3 Å². The SMILES string of the molecule is CCC(C)NC(=O)c1cccc(CNC(=NC)N(C)Cc2ccc(OC)cc2OC)c1.I. The third-order valence-corrected chi connectivity index (χ3v) is 5.10. The monoisotopic (exact) mass is 554 g/mol. The number of hydrogen-bond acceptors (Lipinski definition) is 4. The van der Waals surface area contributed by atoms with Crippen molar-refractivity contribution in [3.63, 3.8) is 0 Å². The Morgan fingerprint density at radius 2 is 1.91 bits per heavy atom. The molecule has 0 fully saturated rings. The third-order valence-electron chi connectivity index (χ3n) is 5.10. The second-order valence-corrected chi connectivity index (χ2v) is 7.42. The Bertz CT molecular complexity index is 905. The quantitative estimate of drug-likeness (QED) is 0.278. The number of nitrogens with one attached hydrogen (secondary N) is 2.